The number of halogens is 4. The van der Waals surface area contributed by atoms with E-state index in [1.807, 2.05) is 0 Å². The molecule has 0 saturated heterocycles. The van der Waals surface area contributed by atoms with Gasteiger partial charge in [0.1, 0.15) is 5.82 Å². The van der Waals surface area contributed by atoms with Gasteiger partial charge in [-0.25, -0.2) is 4.39 Å². The SMILES string of the molecule is O=C(NC1(c2ccc(F)cc2)CCC1)c1ccc(C(F)(F)F)cc1. The van der Waals surface area contributed by atoms with E-state index < -0.39 is 23.2 Å². The fourth-order valence-electron chi connectivity index (χ4n) is 2.89. The molecule has 2 aromatic rings. The van der Waals surface area contributed by atoms with Crippen molar-refractivity contribution in [3.05, 3.63) is 71.0 Å². The van der Waals surface area contributed by atoms with Gasteiger partial charge in [-0.2, -0.15) is 13.2 Å². The van der Waals surface area contributed by atoms with E-state index in [1.165, 1.54) is 12.1 Å². The molecule has 1 N–H and O–H groups in total. The molecule has 0 atom stereocenters. The second-order valence-corrected chi connectivity index (χ2v) is 5.97. The summed E-state index contributed by atoms with van der Waals surface area (Å²) in [6.45, 7) is 0. The molecule has 2 aromatic carbocycles. The minimum Gasteiger partial charge on any atom is -0.343 e. The van der Waals surface area contributed by atoms with Crippen molar-refractivity contribution in [3.8, 4) is 0 Å². The summed E-state index contributed by atoms with van der Waals surface area (Å²) >= 11 is 0. The Bertz CT molecular complexity index is 731. The second kappa shape index (κ2) is 5.92. The van der Waals surface area contributed by atoms with Crippen LogP contribution in [0.1, 0.15) is 40.7 Å². The van der Waals surface area contributed by atoms with Crippen LogP contribution in [0, 0.1) is 5.82 Å². The standard InChI is InChI=1S/C18H15F4NO/c19-15-8-6-13(7-9-15)17(10-1-11-17)23-16(24)12-2-4-14(5-3-12)18(20,21)22/h2-9H,1,10-11H2,(H,23,24). The van der Waals surface area contributed by atoms with Crippen LogP contribution < -0.4 is 5.32 Å². The molecular weight excluding hydrogens is 322 g/mol. The Morgan fingerprint density at radius 3 is 2.00 bits per heavy atom. The Morgan fingerprint density at radius 2 is 1.54 bits per heavy atom. The molecule has 0 unspecified atom stereocenters. The van der Waals surface area contributed by atoms with E-state index >= 15 is 0 Å². The summed E-state index contributed by atoms with van der Waals surface area (Å²) in [4.78, 5) is 12.4. The molecule has 0 bridgehead atoms. The van der Waals surface area contributed by atoms with Gasteiger partial charge in [-0.3, -0.25) is 4.79 Å². The van der Waals surface area contributed by atoms with Gasteiger partial charge < -0.3 is 5.32 Å². The molecule has 6 heteroatoms. The first kappa shape index (κ1) is 16.5. The van der Waals surface area contributed by atoms with Crippen molar-refractivity contribution in [2.24, 2.45) is 0 Å². The zero-order chi connectivity index (χ0) is 17.4. The van der Waals surface area contributed by atoms with Crippen LogP contribution in [-0.2, 0) is 11.7 Å². The lowest BCUT2D eigenvalue weighted by Crippen LogP contribution is -2.50. The molecule has 3 rings (SSSR count). The number of carbonyl (C=O) groups excluding carboxylic acids is 1. The normalized spacial score (nSPS) is 16.3. The van der Waals surface area contributed by atoms with E-state index in [0.29, 0.717) is 12.8 Å². The lowest BCUT2D eigenvalue weighted by molar-refractivity contribution is -0.137. The van der Waals surface area contributed by atoms with Gasteiger partial charge in [0.05, 0.1) is 11.1 Å². The summed E-state index contributed by atoms with van der Waals surface area (Å²) < 4.78 is 50.8. The van der Waals surface area contributed by atoms with Crippen molar-refractivity contribution in [1.29, 1.82) is 0 Å². The molecule has 0 aromatic heterocycles. The monoisotopic (exact) mass is 337 g/mol. The average molecular weight is 337 g/mol. The summed E-state index contributed by atoms with van der Waals surface area (Å²) in [7, 11) is 0. The summed E-state index contributed by atoms with van der Waals surface area (Å²) in [5.41, 5.74) is -0.407. The molecule has 0 radical (unpaired) electrons. The molecule has 1 aliphatic rings. The Balaban J connectivity index is 1.79. The van der Waals surface area contributed by atoms with Gasteiger partial charge in [0, 0.05) is 5.56 Å². The van der Waals surface area contributed by atoms with E-state index in [9.17, 15) is 22.4 Å². The first-order chi connectivity index (χ1) is 11.3. The van der Waals surface area contributed by atoms with Crippen LogP contribution in [0.2, 0.25) is 0 Å². The molecule has 126 valence electrons. The van der Waals surface area contributed by atoms with E-state index in [-0.39, 0.29) is 11.4 Å². The molecule has 1 fully saturated rings. The molecule has 0 heterocycles. The Morgan fingerprint density at radius 1 is 0.958 bits per heavy atom. The highest BCUT2D eigenvalue weighted by Gasteiger charge is 2.40. The Kier molecular flexibility index (Phi) is 4.07. The highest BCUT2D eigenvalue weighted by Crippen LogP contribution is 2.41. The van der Waals surface area contributed by atoms with E-state index in [0.717, 1.165) is 36.2 Å². The van der Waals surface area contributed by atoms with Gasteiger partial charge in [-0.05, 0) is 61.2 Å². The fraction of sp³-hybridized carbons (Fsp3) is 0.278. The smallest absolute Gasteiger partial charge is 0.343 e. The topological polar surface area (TPSA) is 29.1 Å². The highest BCUT2D eigenvalue weighted by atomic mass is 19.4. The van der Waals surface area contributed by atoms with Crippen LogP contribution in [0.5, 0.6) is 0 Å². The van der Waals surface area contributed by atoms with E-state index in [1.54, 1.807) is 12.1 Å². The molecule has 0 spiro atoms. The lowest BCUT2D eigenvalue weighted by atomic mass is 9.71. The Hall–Kier alpha value is -2.37. The molecule has 1 amide bonds. The largest absolute Gasteiger partial charge is 0.416 e. The molecule has 0 aliphatic heterocycles. The third-order valence-electron chi connectivity index (χ3n) is 4.43. The second-order valence-electron chi connectivity index (χ2n) is 5.97. The quantitative estimate of drug-likeness (QED) is 0.812. The number of carbonyl (C=O) groups is 1. The number of hydrogen-bond acceptors (Lipinski definition) is 1. The zero-order valence-corrected chi connectivity index (χ0v) is 12.7. The van der Waals surface area contributed by atoms with Gasteiger partial charge >= 0.3 is 6.18 Å². The van der Waals surface area contributed by atoms with Gasteiger partial charge in [-0.1, -0.05) is 12.1 Å². The van der Waals surface area contributed by atoms with E-state index in [2.05, 4.69) is 5.32 Å². The number of hydrogen-bond donors (Lipinski definition) is 1. The molecule has 2 nitrogen and oxygen atoms in total. The molecular formula is C18H15F4NO. The summed E-state index contributed by atoms with van der Waals surface area (Å²) in [6, 6.07) is 10.0. The third-order valence-corrected chi connectivity index (χ3v) is 4.43. The van der Waals surface area contributed by atoms with Crippen LogP contribution in [0.3, 0.4) is 0 Å². The number of benzene rings is 2. The number of amides is 1. The van der Waals surface area contributed by atoms with Crippen LogP contribution in [-0.4, -0.2) is 5.91 Å². The van der Waals surface area contributed by atoms with Gasteiger partial charge in [0.2, 0.25) is 0 Å². The third kappa shape index (κ3) is 3.13. The van der Waals surface area contributed by atoms with Gasteiger partial charge in [0.25, 0.3) is 5.91 Å². The first-order valence-electron chi connectivity index (χ1n) is 7.56. The first-order valence-corrected chi connectivity index (χ1v) is 7.56. The van der Waals surface area contributed by atoms with Gasteiger partial charge in [0.15, 0.2) is 0 Å². The predicted molar refractivity (Wildman–Crippen MR) is 80.8 cm³/mol. The van der Waals surface area contributed by atoms with Crippen LogP contribution in [0.15, 0.2) is 48.5 Å². The summed E-state index contributed by atoms with van der Waals surface area (Å²) in [6.07, 6.45) is -2.08. The number of alkyl halides is 3. The van der Waals surface area contributed by atoms with Gasteiger partial charge in [-0.15, -0.1) is 0 Å². The van der Waals surface area contributed by atoms with Crippen molar-refractivity contribution in [3.63, 3.8) is 0 Å². The van der Waals surface area contributed by atoms with Crippen molar-refractivity contribution in [1.82, 2.24) is 5.32 Å². The summed E-state index contributed by atoms with van der Waals surface area (Å²) in [5.74, 6) is -0.796. The molecule has 24 heavy (non-hydrogen) atoms. The Labute approximate surface area is 136 Å². The number of rotatable bonds is 3. The van der Waals surface area contributed by atoms with Crippen LogP contribution in [0.25, 0.3) is 0 Å². The fourth-order valence-corrected chi connectivity index (χ4v) is 2.89. The van der Waals surface area contributed by atoms with Crippen LogP contribution in [0.4, 0.5) is 17.6 Å². The van der Waals surface area contributed by atoms with E-state index in [4.69, 9.17) is 0 Å². The molecule has 1 saturated carbocycles. The van der Waals surface area contributed by atoms with Crippen molar-refractivity contribution < 1.29 is 22.4 Å². The maximum Gasteiger partial charge on any atom is 0.416 e. The molecule has 1 aliphatic carbocycles. The van der Waals surface area contributed by atoms with Crippen molar-refractivity contribution >= 4 is 5.91 Å². The minimum atomic E-state index is -4.43. The maximum absolute atomic E-state index is 13.1. The minimum absolute atomic E-state index is 0.163. The average Bonchev–Trinajstić information content (AvgIpc) is 2.51. The number of nitrogens with one attached hydrogen (secondary N) is 1. The summed E-state index contributed by atoms with van der Waals surface area (Å²) in [5, 5.41) is 2.90. The zero-order valence-electron chi connectivity index (χ0n) is 12.7. The highest BCUT2D eigenvalue weighted by molar-refractivity contribution is 5.94. The van der Waals surface area contributed by atoms with Crippen molar-refractivity contribution in [2.45, 2.75) is 31.0 Å². The van der Waals surface area contributed by atoms with Crippen LogP contribution >= 0.6 is 0 Å². The predicted octanol–water partition coefficient (Wildman–Crippen LogP) is 4.65. The lowest BCUT2D eigenvalue weighted by Gasteiger charge is -2.43. The maximum atomic E-state index is 13.1. The van der Waals surface area contributed by atoms with Crippen molar-refractivity contribution in [2.75, 3.05) is 0 Å².